The third kappa shape index (κ3) is 3.53. The molecule has 0 radical (unpaired) electrons. The number of rotatable bonds is 5. The van der Waals surface area contributed by atoms with Crippen molar-refractivity contribution in [1.29, 1.82) is 5.41 Å². The topological polar surface area (TPSA) is 102 Å². The van der Waals surface area contributed by atoms with E-state index in [4.69, 9.17) is 25.8 Å². The van der Waals surface area contributed by atoms with E-state index in [9.17, 15) is 0 Å². The monoisotopic (exact) mass is 412 g/mol. The van der Waals surface area contributed by atoms with Gasteiger partial charge in [-0.05, 0) is 24.6 Å². The summed E-state index contributed by atoms with van der Waals surface area (Å²) in [5, 5.41) is 12.3. The molecule has 2 aromatic heterocycles. The molecule has 0 bridgehead atoms. The fourth-order valence-electron chi connectivity index (χ4n) is 4.11. The first kappa shape index (κ1) is 19.3. The highest BCUT2D eigenvalue weighted by atomic mass is 16.5. The number of nitrogen functional groups attached to an aromatic ring is 1. The highest BCUT2D eigenvalue weighted by Gasteiger charge is 2.21. The van der Waals surface area contributed by atoms with Crippen molar-refractivity contribution in [2.75, 3.05) is 11.9 Å². The molecule has 7 heteroatoms. The summed E-state index contributed by atoms with van der Waals surface area (Å²) >= 11 is 0. The van der Waals surface area contributed by atoms with Gasteiger partial charge in [0.05, 0.1) is 24.4 Å². The van der Waals surface area contributed by atoms with E-state index < -0.39 is 0 Å². The van der Waals surface area contributed by atoms with Crippen molar-refractivity contribution < 1.29 is 4.74 Å². The molecule has 31 heavy (non-hydrogen) atoms. The van der Waals surface area contributed by atoms with Crippen LogP contribution < -0.4 is 11.1 Å². The Labute approximate surface area is 180 Å². The summed E-state index contributed by atoms with van der Waals surface area (Å²) in [6, 6.07) is 18.1. The Balaban J connectivity index is 1.62. The molecule has 2 aromatic carbocycles. The molecular formula is C24H24N6O. The number of hydrogen-bond acceptors (Lipinski definition) is 5. The van der Waals surface area contributed by atoms with E-state index in [1.165, 1.54) is 5.56 Å². The lowest BCUT2D eigenvalue weighted by atomic mass is 10.1. The van der Waals surface area contributed by atoms with Crippen LogP contribution in [0.25, 0.3) is 16.9 Å². The molecule has 0 spiro atoms. The molecule has 5 rings (SSSR count). The highest BCUT2D eigenvalue weighted by Crippen LogP contribution is 2.29. The van der Waals surface area contributed by atoms with Crippen LogP contribution in [0.1, 0.15) is 28.1 Å². The molecule has 4 N–H and O–H groups in total. The minimum absolute atomic E-state index is 0.0523. The van der Waals surface area contributed by atoms with Gasteiger partial charge in [0.1, 0.15) is 11.7 Å². The molecule has 0 amide bonds. The van der Waals surface area contributed by atoms with E-state index in [-0.39, 0.29) is 5.84 Å². The molecule has 0 unspecified atom stereocenters. The van der Waals surface area contributed by atoms with Gasteiger partial charge in [0, 0.05) is 35.2 Å². The number of nitrogens with two attached hydrogens (primary N) is 1. The van der Waals surface area contributed by atoms with Crippen LogP contribution in [-0.2, 0) is 24.3 Å². The van der Waals surface area contributed by atoms with Gasteiger partial charge in [-0.2, -0.15) is 4.98 Å². The van der Waals surface area contributed by atoms with Crippen molar-refractivity contribution in [1.82, 2.24) is 14.5 Å². The van der Waals surface area contributed by atoms with Gasteiger partial charge < -0.3 is 15.8 Å². The molecule has 4 aromatic rings. The van der Waals surface area contributed by atoms with Crippen LogP contribution >= 0.6 is 0 Å². The van der Waals surface area contributed by atoms with Crippen LogP contribution in [0.15, 0.2) is 54.6 Å². The molecule has 0 atom stereocenters. The van der Waals surface area contributed by atoms with Crippen molar-refractivity contribution in [3.8, 4) is 5.95 Å². The third-order valence-electron chi connectivity index (χ3n) is 5.63. The number of anilines is 1. The lowest BCUT2D eigenvalue weighted by Crippen LogP contribution is -2.19. The maximum Gasteiger partial charge on any atom is 0.236 e. The average Bonchev–Trinajstić information content (AvgIpc) is 3.13. The van der Waals surface area contributed by atoms with Gasteiger partial charge in [-0.15, -0.1) is 0 Å². The third-order valence-corrected chi connectivity index (χ3v) is 5.63. The number of amidine groups is 1. The SMILES string of the molecule is Cc1cc2c(C(=N)N)cccc2n1-c1nc2c(c(NCc3ccccc3)n1)COCC2. The Morgan fingerprint density at radius 1 is 1.16 bits per heavy atom. The first-order chi connectivity index (χ1) is 15.1. The zero-order valence-corrected chi connectivity index (χ0v) is 17.4. The molecule has 0 saturated heterocycles. The van der Waals surface area contributed by atoms with Crippen molar-refractivity contribution >= 4 is 22.6 Å². The van der Waals surface area contributed by atoms with E-state index in [2.05, 4.69) is 17.4 Å². The largest absolute Gasteiger partial charge is 0.384 e. The van der Waals surface area contributed by atoms with Crippen molar-refractivity contribution in [3.63, 3.8) is 0 Å². The van der Waals surface area contributed by atoms with E-state index in [0.717, 1.165) is 40.1 Å². The van der Waals surface area contributed by atoms with Crippen molar-refractivity contribution in [2.24, 2.45) is 5.73 Å². The number of aryl methyl sites for hydroxylation is 1. The van der Waals surface area contributed by atoms with Crippen LogP contribution in [-0.4, -0.2) is 27.0 Å². The number of ether oxygens (including phenoxy) is 1. The second kappa shape index (κ2) is 7.85. The van der Waals surface area contributed by atoms with Crippen molar-refractivity contribution in [2.45, 2.75) is 26.5 Å². The fourth-order valence-corrected chi connectivity index (χ4v) is 4.11. The summed E-state index contributed by atoms with van der Waals surface area (Å²) < 4.78 is 7.72. The Bertz CT molecular complexity index is 1280. The number of benzene rings is 2. The van der Waals surface area contributed by atoms with E-state index in [1.54, 1.807) is 0 Å². The predicted molar refractivity (Wildman–Crippen MR) is 122 cm³/mol. The van der Waals surface area contributed by atoms with Crippen LogP contribution in [0.2, 0.25) is 0 Å². The summed E-state index contributed by atoms with van der Waals surface area (Å²) in [4.78, 5) is 9.81. The Hall–Kier alpha value is -3.71. The second-order valence-electron chi connectivity index (χ2n) is 7.71. The molecule has 7 nitrogen and oxygen atoms in total. The zero-order chi connectivity index (χ0) is 21.4. The molecule has 0 saturated carbocycles. The number of hydrogen-bond donors (Lipinski definition) is 3. The first-order valence-corrected chi connectivity index (χ1v) is 10.3. The number of aromatic nitrogens is 3. The zero-order valence-electron chi connectivity index (χ0n) is 17.4. The van der Waals surface area contributed by atoms with Gasteiger partial charge in [-0.25, -0.2) is 4.98 Å². The Morgan fingerprint density at radius 3 is 2.81 bits per heavy atom. The van der Waals surface area contributed by atoms with Gasteiger partial charge >= 0.3 is 0 Å². The minimum atomic E-state index is 0.0523. The standard InChI is InChI=1S/C24H24N6O/c1-15-12-18-17(22(25)26)8-5-9-21(18)30(15)24-28-20-10-11-31-14-19(20)23(29-24)27-13-16-6-3-2-4-7-16/h2-9,12H,10-11,13-14H2,1H3,(H3,25,26)(H,27,28,29). The summed E-state index contributed by atoms with van der Waals surface area (Å²) in [7, 11) is 0. The van der Waals surface area contributed by atoms with Crippen molar-refractivity contribution in [3.05, 3.63) is 82.7 Å². The normalized spacial score (nSPS) is 13.2. The lowest BCUT2D eigenvalue weighted by Gasteiger charge is -2.21. The van der Waals surface area contributed by atoms with E-state index in [0.29, 0.717) is 31.3 Å². The van der Waals surface area contributed by atoms with Crippen LogP contribution in [0.5, 0.6) is 0 Å². The number of nitrogens with zero attached hydrogens (tertiary/aromatic N) is 3. The van der Waals surface area contributed by atoms with Crippen LogP contribution in [0.4, 0.5) is 5.82 Å². The first-order valence-electron chi connectivity index (χ1n) is 10.3. The molecule has 0 fully saturated rings. The summed E-state index contributed by atoms with van der Waals surface area (Å²) in [5.41, 5.74) is 11.7. The summed E-state index contributed by atoms with van der Waals surface area (Å²) in [5.74, 6) is 1.47. The lowest BCUT2D eigenvalue weighted by molar-refractivity contribution is 0.109. The van der Waals surface area contributed by atoms with Gasteiger partial charge in [-0.3, -0.25) is 9.98 Å². The van der Waals surface area contributed by atoms with Crippen LogP contribution in [0, 0.1) is 12.3 Å². The van der Waals surface area contributed by atoms with Gasteiger partial charge in [0.25, 0.3) is 0 Å². The predicted octanol–water partition coefficient (Wildman–Crippen LogP) is 3.70. The summed E-state index contributed by atoms with van der Waals surface area (Å²) in [6.45, 7) is 3.85. The number of nitrogens with one attached hydrogen (secondary N) is 2. The average molecular weight is 412 g/mol. The summed E-state index contributed by atoms with van der Waals surface area (Å²) in [6.07, 6.45) is 0.752. The molecule has 1 aliphatic rings. The number of fused-ring (bicyclic) bond motifs is 2. The van der Waals surface area contributed by atoms with Gasteiger partial charge in [-0.1, -0.05) is 42.5 Å². The minimum Gasteiger partial charge on any atom is -0.384 e. The highest BCUT2D eigenvalue weighted by molar-refractivity contribution is 6.07. The van der Waals surface area contributed by atoms with Gasteiger partial charge in [0.15, 0.2) is 0 Å². The molecular weight excluding hydrogens is 388 g/mol. The molecule has 156 valence electrons. The molecule has 1 aliphatic heterocycles. The van der Waals surface area contributed by atoms with E-state index >= 15 is 0 Å². The Kier molecular flexibility index (Phi) is 4.88. The molecule has 0 aliphatic carbocycles. The molecule has 3 heterocycles. The second-order valence-corrected chi connectivity index (χ2v) is 7.71. The van der Waals surface area contributed by atoms with E-state index in [1.807, 2.05) is 54.0 Å². The smallest absolute Gasteiger partial charge is 0.236 e. The maximum atomic E-state index is 7.91. The quantitative estimate of drug-likeness (QED) is 0.343. The van der Waals surface area contributed by atoms with Crippen LogP contribution in [0.3, 0.4) is 0 Å². The fraction of sp³-hybridized carbons (Fsp3) is 0.208. The maximum absolute atomic E-state index is 7.91. The Morgan fingerprint density at radius 2 is 2.00 bits per heavy atom. The van der Waals surface area contributed by atoms with Gasteiger partial charge in [0.2, 0.25) is 5.95 Å².